The van der Waals surface area contributed by atoms with Crippen molar-refractivity contribution in [3.05, 3.63) is 54.5 Å². The number of hydrogen-bond acceptors (Lipinski definition) is 4. The molecule has 0 bridgehead atoms. The van der Waals surface area contributed by atoms with Gasteiger partial charge in [-0.05, 0) is 38.1 Å². The summed E-state index contributed by atoms with van der Waals surface area (Å²) in [6, 6.07) is 11.0. The van der Waals surface area contributed by atoms with Crippen LogP contribution in [0.4, 0.5) is 14.9 Å². The van der Waals surface area contributed by atoms with Crippen molar-refractivity contribution in [2.24, 2.45) is 0 Å². The summed E-state index contributed by atoms with van der Waals surface area (Å²) in [4.78, 5) is 14.2. The number of hydrogen-bond donors (Lipinski definition) is 0. The van der Waals surface area contributed by atoms with E-state index in [0.29, 0.717) is 22.3 Å². The van der Waals surface area contributed by atoms with Crippen molar-refractivity contribution >= 4 is 32.6 Å². The molecule has 1 aliphatic heterocycles. The summed E-state index contributed by atoms with van der Waals surface area (Å²) in [5.74, 6) is -0.413. The Bertz CT molecular complexity index is 1170. The van der Waals surface area contributed by atoms with E-state index < -0.39 is 27.1 Å². The van der Waals surface area contributed by atoms with Gasteiger partial charge < -0.3 is 0 Å². The molecule has 2 heterocycles. The number of fused-ring (bicyclic) bond motifs is 1. The Morgan fingerprint density at radius 3 is 2.46 bits per heavy atom. The summed E-state index contributed by atoms with van der Waals surface area (Å²) in [7, 11) is -3.69. The van der Waals surface area contributed by atoms with Crippen LogP contribution in [0.5, 0.6) is 0 Å². The van der Waals surface area contributed by atoms with Crippen molar-refractivity contribution in [2.75, 3.05) is 18.0 Å². The Balaban J connectivity index is 1.78. The average Bonchev–Trinajstić information content (AvgIpc) is 3.26. The van der Waals surface area contributed by atoms with E-state index >= 15 is 0 Å². The summed E-state index contributed by atoms with van der Waals surface area (Å²) in [6.45, 7) is 3.43. The van der Waals surface area contributed by atoms with Crippen LogP contribution in [0.15, 0.2) is 48.7 Å². The SMILES string of the molecule is CC(C)S(=O)(=O)N1CCN(c2cccc3c2cnn3-c2ccccc2F)C1=O. The first-order chi connectivity index (χ1) is 13.3. The molecular formula is C19H19FN4O3S. The van der Waals surface area contributed by atoms with Gasteiger partial charge in [0.2, 0.25) is 10.0 Å². The van der Waals surface area contributed by atoms with Crippen LogP contribution in [-0.2, 0) is 10.0 Å². The number of amides is 2. The lowest BCUT2D eigenvalue weighted by molar-refractivity contribution is 0.239. The number of aromatic nitrogens is 2. The fourth-order valence-electron chi connectivity index (χ4n) is 3.32. The van der Waals surface area contributed by atoms with E-state index in [1.165, 1.54) is 15.6 Å². The fourth-order valence-corrected chi connectivity index (χ4v) is 4.48. The summed E-state index contributed by atoms with van der Waals surface area (Å²) >= 11 is 0. The van der Waals surface area contributed by atoms with Gasteiger partial charge in [-0.1, -0.05) is 18.2 Å². The molecule has 0 radical (unpaired) electrons. The van der Waals surface area contributed by atoms with E-state index in [2.05, 4.69) is 5.10 Å². The van der Waals surface area contributed by atoms with E-state index in [4.69, 9.17) is 0 Å². The second-order valence-electron chi connectivity index (χ2n) is 6.82. The largest absolute Gasteiger partial charge is 0.338 e. The van der Waals surface area contributed by atoms with Gasteiger partial charge in [-0.2, -0.15) is 5.10 Å². The van der Waals surface area contributed by atoms with Crippen molar-refractivity contribution in [3.63, 3.8) is 0 Å². The zero-order valence-corrected chi connectivity index (χ0v) is 16.2. The van der Waals surface area contributed by atoms with Crippen LogP contribution < -0.4 is 4.90 Å². The van der Waals surface area contributed by atoms with Gasteiger partial charge in [0.1, 0.15) is 11.5 Å². The molecule has 28 heavy (non-hydrogen) atoms. The normalized spacial score (nSPS) is 15.2. The monoisotopic (exact) mass is 402 g/mol. The van der Waals surface area contributed by atoms with Crippen LogP contribution in [-0.4, -0.2) is 46.9 Å². The smallest absolute Gasteiger partial charge is 0.291 e. The van der Waals surface area contributed by atoms with Crippen LogP contribution >= 0.6 is 0 Å². The van der Waals surface area contributed by atoms with Gasteiger partial charge in [0.25, 0.3) is 0 Å². The van der Waals surface area contributed by atoms with E-state index in [9.17, 15) is 17.6 Å². The van der Waals surface area contributed by atoms with Crippen LogP contribution in [0.3, 0.4) is 0 Å². The third kappa shape index (κ3) is 2.73. The molecule has 1 saturated heterocycles. The molecule has 2 aromatic carbocycles. The Kier molecular flexibility index (Phi) is 4.34. The van der Waals surface area contributed by atoms with Crippen molar-refractivity contribution in [1.82, 2.24) is 14.1 Å². The summed E-state index contributed by atoms with van der Waals surface area (Å²) in [6.07, 6.45) is 1.56. The molecule has 0 unspecified atom stereocenters. The van der Waals surface area contributed by atoms with E-state index in [1.54, 1.807) is 56.4 Å². The van der Waals surface area contributed by atoms with Crippen molar-refractivity contribution in [2.45, 2.75) is 19.1 Å². The van der Waals surface area contributed by atoms with Crippen LogP contribution in [0.25, 0.3) is 16.6 Å². The first-order valence-corrected chi connectivity index (χ1v) is 10.4. The second-order valence-corrected chi connectivity index (χ2v) is 9.23. The van der Waals surface area contributed by atoms with Gasteiger partial charge in [-0.15, -0.1) is 0 Å². The third-order valence-electron chi connectivity index (χ3n) is 4.84. The first kappa shape index (κ1) is 18.4. The number of nitrogens with zero attached hydrogens (tertiary/aromatic N) is 4. The lowest BCUT2D eigenvalue weighted by atomic mass is 10.2. The number of para-hydroxylation sites is 1. The van der Waals surface area contributed by atoms with E-state index in [-0.39, 0.29) is 13.1 Å². The van der Waals surface area contributed by atoms with Gasteiger partial charge >= 0.3 is 6.03 Å². The zero-order chi connectivity index (χ0) is 20.1. The molecule has 0 atom stereocenters. The molecule has 1 aliphatic rings. The molecular weight excluding hydrogens is 383 g/mol. The maximum absolute atomic E-state index is 14.2. The maximum atomic E-state index is 14.2. The number of anilines is 1. The molecule has 0 saturated carbocycles. The molecule has 2 amide bonds. The number of rotatable bonds is 4. The molecule has 4 rings (SSSR count). The number of carbonyl (C=O) groups excluding carboxylic acids is 1. The highest BCUT2D eigenvalue weighted by molar-refractivity contribution is 7.90. The van der Waals surface area contributed by atoms with E-state index in [0.717, 1.165) is 4.31 Å². The Morgan fingerprint density at radius 1 is 1.04 bits per heavy atom. The first-order valence-electron chi connectivity index (χ1n) is 8.87. The Morgan fingerprint density at radius 2 is 1.75 bits per heavy atom. The molecule has 1 fully saturated rings. The number of halogens is 1. The minimum atomic E-state index is -3.69. The molecule has 0 N–H and O–H groups in total. The van der Waals surface area contributed by atoms with Crippen LogP contribution in [0.2, 0.25) is 0 Å². The van der Waals surface area contributed by atoms with Crippen LogP contribution in [0, 0.1) is 5.82 Å². The number of sulfonamides is 1. The lowest BCUT2D eigenvalue weighted by Crippen LogP contribution is -2.40. The highest BCUT2D eigenvalue weighted by atomic mass is 32.2. The second kappa shape index (κ2) is 6.59. The highest BCUT2D eigenvalue weighted by Crippen LogP contribution is 2.32. The Labute approximate surface area is 162 Å². The molecule has 3 aromatic rings. The molecule has 7 nitrogen and oxygen atoms in total. The van der Waals surface area contributed by atoms with Crippen molar-refractivity contribution in [3.8, 4) is 5.69 Å². The third-order valence-corrected chi connectivity index (χ3v) is 6.98. The predicted octanol–water partition coefficient (Wildman–Crippen LogP) is 3.14. The van der Waals surface area contributed by atoms with Gasteiger partial charge in [-0.3, -0.25) is 4.90 Å². The predicted molar refractivity (Wildman–Crippen MR) is 105 cm³/mol. The van der Waals surface area contributed by atoms with Crippen molar-refractivity contribution in [1.29, 1.82) is 0 Å². The van der Waals surface area contributed by atoms with Gasteiger partial charge in [0, 0.05) is 11.9 Å². The molecule has 9 heteroatoms. The summed E-state index contributed by atoms with van der Waals surface area (Å²) < 4.78 is 41.4. The number of benzene rings is 2. The minimum absolute atomic E-state index is 0.0944. The Hall–Kier alpha value is -2.94. The quantitative estimate of drug-likeness (QED) is 0.672. The van der Waals surface area contributed by atoms with Gasteiger partial charge in [-0.25, -0.2) is 26.6 Å². The summed E-state index contributed by atoms with van der Waals surface area (Å²) in [5, 5.41) is 4.24. The molecule has 146 valence electrons. The van der Waals surface area contributed by atoms with Gasteiger partial charge in [0.15, 0.2) is 0 Å². The standard InChI is InChI=1S/C19H19FN4O3S/c1-13(2)28(26,27)23-11-10-22(19(23)25)16-8-5-9-17-14(16)12-21-24(17)18-7-4-3-6-15(18)20/h3-9,12-13H,10-11H2,1-2H3. The maximum Gasteiger partial charge on any atom is 0.338 e. The number of urea groups is 1. The van der Waals surface area contributed by atoms with E-state index in [1.807, 2.05) is 0 Å². The lowest BCUT2D eigenvalue weighted by Gasteiger charge is -2.21. The highest BCUT2D eigenvalue weighted by Gasteiger charge is 2.39. The zero-order valence-electron chi connectivity index (χ0n) is 15.4. The van der Waals surface area contributed by atoms with Crippen molar-refractivity contribution < 1.29 is 17.6 Å². The molecule has 0 aliphatic carbocycles. The average molecular weight is 402 g/mol. The number of carbonyl (C=O) groups is 1. The topological polar surface area (TPSA) is 75.5 Å². The molecule has 0 spiro atoms. The summed E-state index contributed by atoms with van der Waals surface area (Å²) in [5.41, 5.74) is 1.47. The molecule has 1 aromatic heterocycles. The minimum Gasteiger partial charge on any atom is -0.291 e. The van der Waals surface area contributed by atoms with Gasteiger partial charge in [0.05, 0.1) is 29.2 Å². The fraction of sp³-hybridized carbons (Fsp3) is 0.263. The van der Waals surface area contributed by atoms with Crippen LogP contribution in [0.1, 0.15) is 13.8 Å².